The average Bonchev–Trinajstić information content (AvgIpc) is 3.32. The molecule has 1 saturated carbocycles. The van der Waals surface area contributed by atoms with Crippen LogP contribution in [0.3, 0.4) is 0 Å². The molecular formula is C25H30Cl3N3O4S. The van der Waals surface area contributed by atoms with Gasteiger partial charge in [0.2, 0.25) is 21.8 Å². The fraction of sp³-hybridized carbons (Fsp3) is 0.440. The second kappa shape index (κ2) is 12.5. The maximum atomic E-state index is 13.8. The van der Waals surface area contributed by atoms with Crippen molar-refractivity contribution in [3.05, 3.63) is 63.1 Å². The summed E-state index contributed by atoms with van der Waals surface area (Å²) in [7, 11) is -3.88. The number of carbonyl (C=O) groups is 2. The summed E-state index contributed by atoms with van der Waals surface area (Å²) in [6.45, 7) is 1.20. The third-order valence-corrected chi connectivity index (χ3v) is 8.43. The Morgan fingerprint density at radius 2 is 1.58 bits per heavy atom. The van der Waals surface area contributed by atoms with Gasteiger partial charge in [-0.05, 0) is 43.5 Å². The zero-order valence-electron chi connectivity index (χ0n) is 20.2. The van der Waals surface area contributed by atoms with Gasteiger partial charge < -0.3 is 10.2 Å². The Labute approximate surface area is 227 Å². The van der Waals surface area contributed by atoms with Gasteiger partial charge in [-0.25, -0.2) is 8.42 Å². The van der Waals surface area contributed by atoms with E-state index in [9.17, 15) is 18.0 Å². The molecular weight excluding hydrogens is 545 g/mol. The van der Waals surface area contributed by atoms with Crippen molar-refractivity contribution in [3.63, 3.8) is 0 Å². The van der Waals surface area contributed by atoms with Crippen molar-refractivity contribution in [3.8, 4) is 0 Å². The van der Waals surface area contributed by atoms with Gasteiger partial charge in [0, 0.05) is 28.2 Å². The molecule has 2 amide bonds. The van der Waals surface area contributed by atoms with Crippen molar-refractivity contribution >= 4 is 62.3 Å². The number of para-hydroxylation sites is 1. The smallest absolute Gasteiger partial charge is 0.244 e. The molecule has 2 aromatic rings. The molecule has 3 rings (SSSR count). The first-order valence-corrected chi connectivity index (χ1v) is 14.8. The zero-order valence-corrected chi connectivity index (χ0v) is 23.3. The van der Waals surface area contributed by atoms with Crippen molar-refractivity contribution < 1.29 is 18.0 Å². The maximum Gasteiger partial charge on any atom is 0.244 e. The minimum atomic E-state index is -3.88. The molecule has 196 valence electrons. The fourth-order valence-corrected chi connectivity index (χ4v) is 6.06. The highest BCUT2D eigenvalue weighted by Gasteiger charge is 2.34. The molecule has 11 heteroatoms. The van der Waals surface area contributed by atoms with Crippen LogP contribution in [0.15, 0.2) is 42.5 Å². The Kier molecular flexibility index (Phi) is 9.92. The second-order valence-corrected chi connectivity index (χ2v) is 12.0. The first kappa shape index (κ1) is 28.6. The van der Waals surface area contributed by atoms with Gasteiger partial charge in [-0.3, -0.25) is 13.9 Å². The fourth-order valence-electron chi connectivity index (χ4n) is 4.39. The lowest BCUT2D eigenvalue weighted by atomic mass is 10.1. The van der Waals surface area contributed by atoms with Gasteiger partial charge >= 0.3 is 0 Å². The van der Waals surface area contributed by atoms with Crippen LogP contribution in [0.2, 0.25) is 15.1 Å². The summed E-state index contributed by atoms with van der Waals surface area (Å²) in [5, 5.41) is 3.93. The van der Waals surface area contributed by atoms with Crippen LogP contribution in [0, 0.1) is 0 Å². The molecule has 0 radical (unpaired) electrons. The SMILES string of the molecule is CC[C@H](C(=O)NC1CCCC1)N(Cc1c(Cl)cccc1Cl)C(=O)CN(c1ccccc1Cl)S(C)(=O)=O. The van der Waals surface area contributed by atoms with Gasteiger partial charge in [-0.15, -0.1) is 0 Å². The van der Waals surface area contributed by atoms with E-state index in [0.29, 0.717) is 22.0 Å². The second-order valence-electron chi connectivity index (χ2n) is 8.86. The predicted molar refractivity (Wildman–Crippen MR) is 145 cm³/mol. The average molecular weight is 575 g/mol. The topological polar surface area (TPSA) is 86.8 Å². The van der Waals surface area contributed by atoms with Crippen molar-refractivity contribution in [2.45, 2.75) is 57.7 Å². The monoisotopic (exact) mass is 573 g/mol. The van der Waals surface area contributed by atoms with Gasteiger partial charge in [-0.2, -0.15) is 0 Å². The number of anilines is 1. The van der Waals surface area contributed by atoms with Gasteiger partial charge in [0.15, 0.2) is 0 Å². The lowest BCUT2D eigenvalue weighted by Gasteiger charge is -2.34. The van der Waals surface area contributed by atoms with E-state index in [4.69, 9.17) is 34.8 Å². The lowest BCUT2D eigenvalue weighted by Crippen LogP contribution is -2.53. The van der Waals surface area contributed by atoms with Gasteiger partial charge in [0.05, 0.1) is 17.0 Å². The Morgan fingerprint density at radius 1 is 1.00 bits per heavy atom. The molecule has 1 fully saturated rings. The summed E-state index contributed by atoms with van der Waals surface area (Å²) in [6.07, 6.45) is 5.18. The summed E-state index contributed by atoms with van der Waals surface area (Å²) in [5.41, 5.74) is 0.652. The number of sulfonamides is 1. The van der Waals surface area contributed by atoms with E-state index in [1.807, 2.05) is 0 Å². The summed E-state index contributed by atoms with van der Waals surface area (Å²) >= 11 is 19.0. The minimum Gasteiger partial charge on any atom is -0.352 e. The van der Waals surface area contributed by atoms with E-state index in [0.717, 1.165) is 36.2 Å². The van der Waals surface area contributed by atoms with Crippen molar-refractivity contribution in [2.24, 2.45) is 0 Å². The number of rotatable bonds is 10. The van der Waals surface area contributed by atoms with Crippen LogP contribution in [0.5, 0.6) is 0 Å². The molecule has 0 aromatic heterocycles. The summed E-state index contributed by atoms with van der Waals surface area (Å²) in [4.78, 5) is 28.4. The Hall–Kier alpha value is -2.00. The number of nitrogens with one attached hydrogen (secondary N) is 1. The number of benzene rings is 2. The third kappa shape index (κ3) is 7.06. The van der Waals surface area contributed by atoms with E-state index in [-0.39, 0.29) is 29.2 Å². The van der Waals surface area contributed by atoms with Crippen LogP contribution in [0.1, 0.15) is 44.6 Å². The molecule has 2 aromatic carbocycles. The largest absolute Gasteiger partial charge is 0.352 e. The number of halogens is 3. The molecule has 0 bridgehead atoms. The Morgan fingerprint density at radius 3 is 2.14 bits per heavy atom. The minimum absolute atomic E-state index is 0.0584. The number of amides is 2. The van der Waals surface area contributed by atoms with Gasteiger partial charge in [-0.1, -0.05) is 72.8 Å². The lowest BCUT2D eigenvalue weighted by molar-refractivity contribution is -0.140. The first-order chi connectivity index (χ1) is 17.0. The number of hydrogen-bond acceptors (Lipinski definition) is 4. The highest BCUT2D eigenvalue weighted by atomic mass is 35.5. The molecule has 0 unspecified atom stereocenters. The van der Waals surface area contributed by atoms with Gasteiger partial charge in [0.1, 0.15) is 12.6 Å². The zero-order chi connectivity index (χ0) is 26.5. The summed E-state index contributed by atoms with van der Waals surface area (Å²) in [6, 6.07) is 10.6. The molecule has 1 aliphatic rings. The standard InChI is InChI=1S/C25H30Cl3N3O4S/c1-3-22(25(33)29-17-9-4-5-10-17)30(15-18-19(26)12-8-13-20(18)27)24(32)16-31(36(2,34)35)23-14-7-6-11-21(23)28/h6-8,11-14,17,22H,3-5,9-10,15-16H2,1-2H3,(H,29,33)/t22-/m1/s1. The highest BCUT2D eigenvalue weighted by molar-refractivity contribution is 7.92. The Bertz CT molecular complexity index is 1180. The van der Waals surface area contributed by atoms with E-state index in [1.165, 1.54) is 11.0 Å². The van der Waals surface area contributed by atoms with Crippen LogP contribution < -0.4 is 9.62 Å². The molecule has 36 heavy (non-hydrogen) atoms. The summed E-state index contributed by atoms with van der Waals surface area (Å²) < 4.78 is 26.3. The number of hydrogen-bond donors (Lipinski definition) is 1. The molecule has 1 N–H and O–H groups in total. The van der Waals surface area contributed by atoms with E-state index in [1.54, 1.807) is 43.3 Å². The molecule has 7 nitrogen and oxygen atoms in total. The molecule has 0 spiro atoms. The molecule has 0 aliphatic heterocycles. The van der Waals surface area contributed by atoms with E-state index >= 15 is 0 Å². The highest BCUT2D eigenvalue weighted by Crippen LogP contribution is 2.30. The van der Waals surface area contributed by atoms with Crippen molar-refractivity contribution in [1.29, 1.82) is 0 Å². The maximum absolute atomic E-state index is 13.8. The molecule has 0 heterocycles. The molecule has 0 saturated heterocycles. The van der Waals surface area contributed by atoms with Crippen LogP contribution >= 0.6 is 34.8 Å². The van der Waals surface area contributed by atoms with Crippen LogP contribution in [-0.2, 0) is 26.2 Å². The summed E-state index contributed by atoms with van der Waals surface area (Å²) in [5.74, 6) is -0.866. The Balaban J connectivity index is 1.98. The van der Waals surface area contributed by atoms with E-state index in [2.05, 4.69) is 5.32 Å². The normalized spacial score (nSPS) is 14.9. The number of carbonyl (C=O) groups excluding carboxylic acids is 2. The molecule has 1 atom stereocenters. The quantitative estimate of drug-likeness (QED) is 0.418. The number of nitrogens with zero attached hydrogens (tertiary/aromatic N) is 2. The third-order valence-electron chi connectivity index (χ3n) is 6.28. The van der Waals surface area contributed by atoms with Gasteiger partial charge in [0.25, 0.3) is 0 Å². The van der Waals surface area contributed by atoms with Crippen molar-refractivity contribution in [1.82, 2.24) is 10.2 Å². The van der Waals surface area contributed by atoms with Crippen LogP contribution in [-0.4, -0.2) is 50.0 Å². The van der Waals surface area contributed by atoms with Crippen molar-refractivity contribution in [2.75, 3.05) is 17.1 Å². The van der Waals surface area contributed by atoms with Crippen LogP contribution in [0.25, 0.3) is 0 Å². The predicted octanol–water partition coefficient (Wildman–Crippen LogP) is 5.28. The van der Waals surface area contributed by atoms with E-state index < -0.39 is 28.5 Å². The molecule has 1 aliphatic carbocycles. The van der Waals surface area contributed by atoms with Crippen LogP contribution in [0.4, 0.5) is 5.69 Å². The first-order valence-electron chi connectivity index (χ1n) is 11.8.